The topological polar surface area (TPSA) is 4.93 Å². The Kier molecular flexibility index (Phi) is 11.4. The van der Waals surface area contributed by atoms with Crippen molar-refractivity contribution < 1.29 is 0 Å². The van der Waals surface area contributed by atoms with Crippen molar-refractivity contribution >= 4 is 23.6 Å². The van der Waals surface area contributed by atoms with Crippen molar-refractivity contribution in [2.75, 3.05) is 0 Å². The summed E-state index contributed by atoms with van der Waals surface area (Å²) < 4.78 is 2.37. The van der Waals surface area contributed by atoms with Gasteiger partial charge in [-0.15, -0.1) is 6.58 Å². The highest BCUT2D eigenvalue weighted by Crippen LogP contribution is 2.31. The Labute approximate surface area is 244 Å². The summed E-state index contributed by atoms with van der Waals surface area (Å²) in [4.78, 5) is 0. The Morgan fingerprint density at radius 1 is 1.00 bits per heavy atom. The second-order valence-electron chi connectivity index (χ2n) is 12.1. The van der Waals surface area contributed by atoms with E-state index >= 15 is 0 Å². The lowest BCUT2D eigenvalue weighted by molar-refractivity contribution is 0.356. The van der Waals surface area contributed by atoms with Crippen LogP contribution in [0.3, 0.4) is 0 Å². The van der Waals surface area contributed by atoms with E-state index in [9.17, 15) is 0 Å². The van der Waals surface area contributed by atoms with Crippen LogP contribution in [0, 0.1) is 12.8 Å². The third-order valence-electron chi connectivity index (χ3n) is 8.87. The molecule has 4 rings (SSSR count). The van der Waals surface area contributed by atoms with Crippen molar-refractivity contribution in [2.24, 2.45) is 5.92 Å². The minimum absolute atomic E-state index is 0.352. The molecule has 0 unspecified atom stereocenters. The van der Waals surface area contributed by atoms with Crippen LogP contribution in [0.2, 0.25) is 0 Å². The number of nitrogens with zero attached hydrogens (tertiary/aromatic N) is 1. The number of hydrogen-bond acceptors (Lipinski definition) is 0. The van der Waals surface area contributed by atoms with Crippen molar-refractivity contribution in [3.8, 4) is 0 Å². The molecule has 1 fully saturated rings. The molecular weight excluding hydrogens is 482 g/mol. The number of benzene rings is 2. The molecule has 40 heavy (non-hydrogen) atoms. The second kappa shape index (κ2) is 14.5. The van der Waals surface area contributed by atoms with Gasteiger partial charge in [-0.2, -0.15) is 0 Å². The van der Waals surface area contributed by atoms with Crippen LogP contribution in [0.4, 0.5) is 0 Å². The van der Waals surface area contributed by atoms with E-state index in [4.69, 9.17) is 0 Å². The molecule has 1 atom stereocenters. The molecule has 1 heterocycles. The van der Waals surface area contributed by atoms with Crippen LogP contribution in [0.1, 0.15) is 108 Å². The first kappa shape index (κ1) is 31.5. The third kappa shape index (κ3) is 7.78. The van der Waals surface area contributed by atoms with Crippen LogP contribution in [-0.4, -0.2) is 4.57 Å². The first-order valence-electron chi connectivity index (χ1n) is 15.5. The van der Waals surface area contributed by atoms with Gasteiger partial charge >= 0.3 is 0 Å². The quantitative estimate of drug-likeness (QED) is 0.200. The fourth-order valence-electron chi connectivity index (χ4n) is 5.86. The van der Waals surface area contributed by atoms with Crippen LogP contribution < -0.4 is 10.6 Å². The Morgan fingerprint density at radius 3 is 2.25 bits per heavy atom. The van der Waals surface area contributed by atoms with Crippen LogP contribution >= 0.6 is 0 Å². The average Bonchev–Trinajstić information content (AvgIpc) is 3.22. The molecule has 1 aliphatic rings. The number of rotatable bonds is 8. The zero-order valence-corrected chi connectivity index (χ0v) is 26.5. The van der Waals surface area contributed by atoms with Gasteiger partial charge in [-0.25, -0.2) is 0 Å². The lowest BCUT2D eigenvalue weighted by Gasteiger charge is -2.22. The van der Waals surface area contributed by atoms with Crippen LogP contribution in [-0.2, 0) is 13.0 Å². The monoisotopic (exact) mass is 535 g/mol. The van der Waals surface area contributed by atoms with Gasteiger partial charge < -0.3 is 4.57 Å². The van der Waals surface area contributed by atoms with E-state index < -0.39 is 0 Å². The fraction of sp³-hybridized carbons (Fsp3) is 0.436. The maximum absolute atomic E-state index is 4.49. The highest BCUT2D eigenvalue weighted by atomic mass is 15.0. The zero-order chi connectivity index (χ0) is 29.4. The maximum Gasteiger partial charge on any atom is 0.0491 e. The Hall–Kier alpha value is -3.06. The van der Waals surface area contributed by atoms with E-state index in [2.05, 4.69) is 114 Å². The summed E-state index contributed by atoms with van der Waals surface area (Å²) >= 11 is 0. The predicted octanol–water partition coefficient (Wildman–Crippen LogP) is 9.93. The van der Waals surface area contributed by atoms with Gasteiger partial charge in [0.15, 0.2) is 0 Å². The van der Waals surface area contributed by atoms with Crippen molar-refractivity contribution in [3.63, 3.8) is 0 Å². The van der Waals surface area contributed by atoms with E-state index in [-0.39, 0.29) is 0 Å². The van der Waals surface area contributed by atoms with E-state index in [1.54, 1.807) is 0 Å². The fourth-order valence-corrected chi connectivity index (χ4v) is 5.86. The molecule has 1 nitrogen and oxygen atoms in total. The highest BCUT2D eigenvalue weighted by molar-refractivity contribution is 5.82. The summed E-state index contributed by atoms with van der Waals surface area (Å²) in [5.74, 6) is 1.23. The van der Waals surface area contributed by atoms with Gasteiger partial charge in [-0.1, -0.05) is 101 Å². The van der Waals surface area contributed by atoms with Gasteiger partial charge in [-0.3, -0.25) is 0 Å². The molecule has 214 valence electrons. The van der Waals surface area contributed by atoms with Crippen LogP contribution in [0.5, 0.6) is 0 Å². The summed E-state index contributed by atoms with van der Waals surface area (Å²) in [7, 11) is 0. The summed E-state index contributed by atoms with van der Waals surface area (Å²) in [5.41, 5.74) is 10.5. The molecule has 1 aromatic heterocycles. The van der Waals surface area contributed by atoms with Gasteiger partial charge in [0.2, 0.25) is 0 Å². The molecule has 0 N–H and O–H groups in total. The molecule has 1 heteroatoms. The first-order chi connectivity index (χ1) is 19.1. The van der Waals surface area contributed by atoms with Gasteiger partial charge in [0.05, 0.1) is 0 Å². The molecule has 0 saturated heterocycles. The standard InChI is InChI=1S/C34H43N.C5H10/c1-8-35-33(18-14-24(4)23(2)3)27(7)32-22-30(16-19-34(32)35)26(6)31-17-15-29(20-25(31)5)21-28-12-10-9-11-13-28;1-4-5(2)3/h14-20,22,26,28H,2,7-13,21H2,1,3-6H3;2,4H2,1,3H3/b24-14+,33-18+;/t26-;/m0./s1. The zero-order valence-electron chi connectivity index (χ0n) is 26.5. The van der Waals surface area contributed by atoms with Gasteiger partial charge in [0.25, 0.3) is 0 Å². The molecular formula is C39H53N. The Bertz CT molecular complexity index is 1470. The molecule has 1 aliphatic carbocycles. The predicted molar refractivity (Wildman–Crippen MR) is 179 cm³/mol. The number of allylic oxidation sites excluding steroid dienone is 4. The highest BCUT2D eigenvalue weighted by Gasteiger charge is 2.17. The van der Waals surface area contributed by atoms with E-state index in [1.165, 1.54) is 88.2 Å². The molecule has 0 aliphatic heterocycles. The number of aromatic nitrogens is 1. The average molecular weight is 536 g/mol. The smallest absolute Gasteiger partial charge is 0.0491 e. The number of aryl methyl sites for hydroxylation is 2. The normalized spacial score (nSPS) is 15.6. The first-order valence-corrected chi connectivity index (χ1v) is 15.5. The minimum Gasteiger partial charge on any atom is -0.341 e. The molecule has 0 amide bonds. The molecule has 3 aromatic rings. The summed E-state index contributed by atoms with van der Waals surface area (Å²) in [6, 6.07) is 14.2. The molecule has 0 bridgehead atoms. The summed E-state index contributed by atoms with van der Waals surface area (Å²) in [6.45, 7) is 28.3. The van der Waals surface area contributed by atoms with Crippen molar-refractivity contribution in [1.29, 1.82) is 0 Å². The summed E-state index contributed by atoms with van der Waals surface area (Å²) in [6.07, 6.45) is 13.8. The van der Waals surface area contributed by atoms with Crippen molar-refractivity contribution in [1.82, 2.24) is 4.57 Å². The van der Waals surface area contributed by atoms with E-state index in [0.717, 1.165) is 29.7 Å². The lowest BCUT2D eigenvalue weighted by Crippen LogP contribution is -2.27. The van der Waals surface area contributed by atoms with Gasteiger partial charge in [-0.05, 0) is 99.4 Å². The van der Waals surface area contributed by atoms with Crippen LogP contribution in [0.15, 0.2) is 72.4 Å². The van der Waals surface area contributed by atoms with Crippen molar-refractivity contribution in [2.45, 2.75) is 106 Å². The van der Waals surface area contributed by atoms with E-state index in [0.29, 0.717) is 5.92 Å². The number of hydrogen-bond donors (Lipinski definition) is 0. The molecule has 0 spiro atoms. The Morgan fingerprint density at radius 2 is 1.68 bits per heavy atom. The lowest BCUT2D eigenvalue weighted by atomic mass is 9.83. The van der Waals surface area contributed by atoms with Gasteiger partial charge in [0.1, 0.15) is 0 Å². The Balaban J connectivity index is 0.000000810. The molecule has 0 radical (unpaired) electrons. The summed E-state index contributed by atoms with van der Waals surface area (Å²) in [5, 5.41) is 3.56. The molecule has 2 aromatic carbocycles. The minimum atomic E-state index is 0.352. The number of fused-ring (bicyclic) bond motifs is 1. The third-order valence-corrected chi connectivity index (χ3v) is 8.87. The second-order valence-corrected chi connectivity index (χ2v) is 12.1. The van der Waals surface area contributed by atoms with Crippen molar-refractivity contribution in [3.05, 3.63) is 105 Å². The molecule has 1 saturated carbocycles. The largest absolute Gasteiger partial charge is 0.341 e. The van der Waals surface area contributed by atoms with E-state index in [1.807, 2.05) is 6.92 Å². The SMILES string of the molecule is C=C(C)/C(C)=C/C=c1\c(=C)c2cc([C@H](C)c3ccc(CC4CCCCC4)cc3C)ccc2n1CC.C=C(C)CC. The maximum atomic E-state index is 4.49. The van der Waals surface area contributed by atoms with Crippen LogP contribution in [0.25, 0.3) is 23.6 Å². The van der Waals surface area contributed by atoms with Gasteiger partial charge in [0, 0.05) is 33.9 Å².